The van der Waals surface area contributed by atoms with Crippen LogP contribution >= 0.6 is 0 Å². The normalized spacial score (nSPS) is 18.8. The molecular formula is C27H34N4O5S. The van der Waals surface area contributed by atoms with E-state index in [0.717, 1.165) is 11.3 Å². The van der Waals surface area contributed by atoms with Crippen LogP contribution in [0.2, 0.25) is 0 Å². The lowest BCUT2D eigenvalue weighted by Gasteiger charge is -2.33. The number of nitrogens with zero attached hydrogens (tertiary/aromatic N) is 2. The lowest BCUT2D eigenvalue weighted by atomic mass is 9.94. The van der Waals surface area contributed by atoms with Crippen molar-refractivity contribution in [3.8, 4) is 0 Å². The van der Waals surface area contributed by atoms with Crippen LogP contribution in [0.4, 0.5) is 11.4 Å². The maximum absolute atomic E-state index is 13.1. The van der Waals surface area contributed by atoms with Crippen LogP contribution in [0.1, 0.15) is 38.2 Å². The number of piperidine rings is 1. The number of aryl methyl sites for hydroxylation is 1. The molecule has 0 radical (unpaired) electrons. The van der Waals surface area contributed by atoms with E-state index in [1.54, 1.807) is 21.9 Å². The van der Waals surface area contributed by atoms with E-state index in [0.29, 0.717) is 51.1 Å². The molecule has 2 aliphatic heterocycles. The van der Waals surface area contributed by atoms with Gasteiger partial charge < -0.3 is 15.1 Å². The van der Waals surface area contributed by atoms with Gasteiger partial charge in [0.25, 0.3) is 0 Å². The standard InChI is InChI=1S/C27H34N4O5S/c1-3-14-28-37(35,36)24-10-6-22(7-11-24)29-26(33)20-12-15-30(16-13-20)27(34)21-17-25(32)31(18-21)23-8-4-19(2)5-9-23/h4-11,20-21,28H,3,12-18H2,1-2H3,(H,29,33). The number of likely N-dealkylation sites (tertiary alicyclic amines) is 1. The van der Waals surface area contributed by atoms with E-state index in [2.05, 4.69) is 10.0 Å². The molecule has 0 aromatic heterocycles. The summed E-state index contributed by atoms with van der Waals surface area (Å²) in [5, 5.41) is 2.86. The zero-order valence-corrected chi connectivity index (χ0v) is 22.1. The largest absolute Gasteiger partial charge is 0.342 e. The molecule has 2 saturated heterocycles. The van der Waals surface area contributed by atoms with Crippen molar-refractivity contribution in [1.29, 1.82) is 0 Å². The van der Waals surface area contributed by atoms with Crippen molar-refractivity contribution in [1.82, 2.24) is 9.62 Å². The van der Waals surface area contributed by atoms with E-state index in [-0.39, 0.29) is 40.9 Å². The van der Waals surface area contributed by atoms with Crippen molar-refractivity contribution in [3.63, 3.8) is 0 Å². The Morgan fingerprint density at radius 2 is 1.62 bits per heavy atom. The van der Waals surface area contributed by atoms with Crippen molar-refractivity contribution in [2.24, 2.45) is 11.8 Å². The highest BCUT2D eigenvalue weighted by molar-refractivity contribution is 7.89. The molecule has 0 bridgehead atoms. The molecule has 198 valence electrons. The summed E-state index contributed by atoms with van der Waals surface area (Å²) in [4.78, 5) is 42.1. The minimum atomic E-state index is -3.56. The average molecular weight is 527 g/mol. The van der Waals surface area contributed by atoms with E-state index in [9.17, 15) is 22.8 Å². The summed E-state index contributed by atoms with van der Waals surface area (Å²) in [6.45, 7) is 5.54. The van der Waals surface area contributed by atoms with Crippen LogP contribution in [0.5, 0.6) is 0 Å². The molecule has 2 heterocycles. The number of hydrogen-bond donors (Lipinski definition) is 2. The summed E-state index contributed by atoms with van der Waals surface area (Å²) in [6, 6.07) is 13.8. The number of anilines is 2. The highest BCUT2D eigenvalue weighted by Gasteiger charge is 2.38. The second kappa shape index (κ2) is 11.4. The summed E-state index contributed by atoms with van der Waals surface area (Å²) in [5.41, 5.74) is 2.45. The molecule has 2 aromatic carbocycles. The van der Waals surface area contributed by atoms with Crippen LogP contribution in [0.3, 0.4) is 0 Å². The van der Waals surface area contributed by atoms with E-state index >= 15 is 0 Å². The van der Waals surface area contributed by atoms with Gasteiger partial charge in [0, 0.05) is 49.9 Å². The number of carbonyl (C=O) groups is 3. The fourth-order valence-corrected chi connectivity index (χ4v) is 5.88. The molecule has 37 heavy (non-hydrogen) atoms. The number of carbonyl (C=O) groups excluding carboxylic acids is 3. The van der Waals surface area contributed by atoms with Crippen molar-refractivity contribution >= 4 is 39.1 Å². The van der Waals surface area contributed by atoms with Crippen LogP contribution in [0.25, 0.3) is 0 Å². The first-order valence-corrected chi connectivity index (χ1v) is 14.2. The van der Waals surface area contributed by atoms with Crippen LogP contribution < -0.4 is 14.9 Å². The predicted molar refractivity (Wildman–Crippen MR) is 141 cm³/mol. The topological polar surface area (TPSA) is 116 Å². The average Bonchev–Trinajstić information content (AvgIpc) is 3.29. The molecule has 2 aliphatic rings. The maximum atomic E-state index is 13.1. The molecular weight excluding hydrogens is 492 g/mol. The van der Waals surface area contributed by atoms with Crippen LogP contribution in [0, 0.1) is 18.8 Å². The molecule has 0 saturated carbocycles. The first-order chi connectivity index (χ1) is 17.7. The van der Waals surface area contributed by atoms with Gasteiger partial charge in [-0.2, -0.15) is 0 Å². The van der Waals surface area contributed by atoms with Crippen molar-refractivity contribution in [3.05, 3.63) is 54.1 Å². The smallest absolute Gasteiger partial charge is 0.240 e. The van der Waals surface area contributed by atoms with Crippen LogP contribution in [-0.4, -0.2) is 57.2 Å². The Bertz CT molecular complexity index is 1240. The summed E-state index contributed by atoms with van der Waals surface area (Å²) < 4.78 is 27.0. The molecule has 0 aliphatic carbocycles. The number of amides is 3. The number of sulfonamides is 1. The second-order valence-electron chi connectivity index (χ2n) is 9.75. The SMILES string of the molecule is CCCNS(=O)(=O)c1ccc(NC(=O)C2CCN(C(=O)C3CC(=O)N(c4ccc(C)cc4)C3)CC2)cc1. The van der Waals surface area contributed by atoms with Crippen LogP contribution in [-0.2, 0) is 24.4 Å². The third-order valence-corrected chi connectivity index (χ3v) is 8.45. The number of nitrogens with one attached hydrogen (secondary N) is 2. The van der Waals surface area contributed by atoms with E-state index in [4.69, 9.17) is 0 Å². The fourth-order valence-electron chi connectivity index (χ4n) is 4.75. The van der Waals surface area contributed by atoms with Gasteiger partial charge in [0.15, 0.2) is 0 Å². The fraction of sp³-hybridized carbons (Fsp3) is 0.444. The molecule has 2 N–H and O–H groups in total. The molecule has 2 aromatic rings. The Kier molecular flexibility index (Phi) is 8.29. The maximum Gasteiger partial charge on any atom is 0.240 e. The monoisotopic (exact) mass is 526 g/mol. The molecule has 3 amide bonds. The highest BCUT2D eigenvalue weighted by Crippen LogP contribution is 2.28. The van der Waals surface area contributed by atoms with Gasteiger partial charge >= 0.3 is 0 Å². The summed E-state index contributed by atoms with van der Waals surface area (Å²) in [7, 11) is -3.56. The highest BCUT2D eigenvalue weighted by atomic mass is 32.2. The summed E-state index contributed by atoms with van der Waals surface area (Å²) in [6.07, 6.45) is 1.97. The zero-order valence-electron chi connectivity index (χ0n) is 21.3. The molecule has 1 atom stereocenters. The molecule has 0 spiro atoms. The Morgan fingerprint density at radius 1 is 0.973 bits per heavy atom. The minimum absolute atomic E-state index is 0.0321. The van der Waals surface area contributed by atoms with Gasteiger partial charge in [-0.15, -0.1) is 0 Å². The molecule has 2 fully saturated rings. The third-order valence-electron chi connectivity index (χ3n) is 6.97. The Morgan fingerprint density at radius 3 is 2.24 bits per heavy atom. The predicted octanol–water partition coefficient (Wildman–Crippen LogP) is 2.91. The molecule has 4 rings (SSSR count). The summed E-state index contributed by atoms with van der Waals surface area (Å²) in [5.74, 6) is -0.839. The second-order valence-corrected chi connectivity index (χ2v) is 11.5. The first kappa shape index (κ1) is 26.8. The minimum Gasteiger partial charge on any atom is -0.342 e. The lowest BCUT2D eigenvalue weighted by Crippen LogP contribution is -2.44. The van der Waals surface area contributed by atoms with Crippen molar-refractivity contribution in [2.45, 2.75) is 44.4 Å². The third kappa shape index (κ3) is 6.37. The first-order valence-electron chi connectivity index (χ1n) is 12.7. The molecule has 9 nitrogen and oxygen atoms in total. The number of benzene rings is 2. The van der Waals surface area contributed by atoms with E-state index in [1.165, 1.54) is 12.1 Å². The van der Waals surface area contributed by atoms with Gasteiger partial charge in [-0.05, 0) is 62.6 Å². The van der Waals surface area contributed by atoms with Gasteiger partial charge in [-0.25, -0.2) is 13.1 Å². The van der Waals surface area contributed by atoms with Gasteiger partial charge in [-0.1, -0.05) is 24.6 Å². The molecule has 1 unspecified atom stereocenters. The van der Waals surface area contributed by atoms with Gasteiger partial charge in [0.1, 0.15) is 0 Å². The van der Waals surface area contributed by atoms with Gasteiger partial charge in [0.2, 0.25) is 27.7 Å². The molecule has 10 heteroatoms. The Labute approximate surface area is 218 Å². The van der Waals surface area contributed by atoms with E-state index in [1.807, 2.05) is 38.1 Å². The van der Waals surface area contributed by atoms with E-state index < -0.39 is 10.0 Å². The van der Waals surface area contributed by atoms with Crippen molar-refractivity contribution < 1.29 is 22.8 Å². The number of rotatable bonds is 8. The summed E-state index contributed by atoms with van der Waals surface area (Å²) >= 11 is 0. The number of hydrogen-bond acceptors (Lipinski definition) is 5. The zero-order chi connectivity index (χ0) is 26.6. The van der Waals surface area contributed by atoms with Crippen molar-refractivity contribution in [2.75, 3.05) is 36.4 Å². The quantitative estimate of drug-likeness (QED) is 0.549. The lowest BCUT2D eigenvalue weighted by molar-refractivity contribution is -0.138. The van der Waals surface area contributed by atoms with Gasteiger partial charge in [0.05, 0.1) is 10.8 Å². The Balaban J connectivity index is 1.27. The van der Waals surface area contributed by atoms with Gasteiger partial charge in [-0.3, -0.25) is 14.4 Å². The van der Waals surface area contributed by atoms with Crippen LogP contribution in [0.15, 0.2) is 53.4 Å². The Hall–Kier alpha value is -3.24.